The lowest BCUT2D eigenvalue weighted by Crippen LogP contribution is -2.28. The quantitative estimate of drug-likeness (QED) is 0.487. The summed E-state index contributed by atoms with van der Waals surface area (Å²) in [6.07, 6.45) is -0.277. The van der Waals surface area contributed by atoms with E-state index in [0.717, 1.165) is 12.7 Å². The predicted molar refractivity (Wildman–Crippen MR) is 56.5 cm³/mol. The molecule has 7 nitrogen and oxygen atoms in total. The van der Waals surface area contributed by atoms with E-state index in [4.69, 9.17) is 10.00 Å². The van der Waals surface area contributed by atoms with Gasteiger partial charge in [-0.25, -0.2) is 9.59 Å². The number of rotatable bonds is 5. The maximum absolute atomic E-state index is 10.9. The average Bonchev–Trinajstić information content (AvgIpc) is 2.10. The fourth-order valence-corrected chi connectivity index (χ4v) is 1.25. The first kappa shape index (κ1) is 14.7. The molecule has 0 aromatic heterocycles. The number of nitrogens with one attached hydrogen (secondary N) is 1. The molecule has 1 unspecified atom stereocenters. The van der Waals surface area contributed by atoms with Gasteiger partial charge in [0.1, 0.15) is 5.70 Å². The van der Waals surface area contributed by atoms with Crippen LogP contribution in [0, 0.1) is 0 Å². The van der Waals surface area contributed by atoms with Crippen molar-refractivity contribution in [2.75, 3.05) is 19.4 Å². The summed E-state index contributed by atoms with van der Waals surface area (Å²) in [6, 6.07) is 0. The molecule has 92 valence electrons. The summed E-state index contributed by atoms with van der Waals surface area (Å²) in [4.78, 5) is 30.5. The third-order valence-electron chi connectivity index (χ3n) is 1.38. The summed E-state index contributed by atoms with van der Waals surface area (Å²) >= 11 is 0. The number of ether oxygens (including phenoxy) is 1. The highest BCUT2D eigenvalue weighted by molar-refractivity contribution is 7.57. The Hall–Kier alpha value is -1.33. The molecule has 0 heterocycles. The molecule has 0 rings (SSSR count). The van der Waals surface area contributed by atoms with Crippen molar-refractivity contribution in [3.05, 3.63) is 11.8 Å². The highest BCUT2D eigenvalue weighted by Gasteiger charge is 2.14. The Kier molecular flexibility index (Phi) is 5.77. The first-order valence-electron chi connectivity index (χ1n) is 4.42. The van der Waals surface area contributed by atoms with E-state index in [1.807, 2.05) is 5.32 Å². The van der Waals surface area contributed by atoms with Gasteiger partial charge in [-0.3, -0.25) is 9.88 Å². The van der Waals surface area contributed by atoms with Crippen molar-refractivity contribution >= 4 is 19.4 Å². The number of hydrogen-bond donors (Lipinski definition) is 3. The van der Waals surface area contributed by atoms with E-state index >= 15 is 0 Å². The van der Waals surface area contributed by atoms with Gasteiger partial charge in [0.15, 0.2) is 0 Å². The normalized spacial score (nSPS) is 15.1. The van der Waals surface area contributed by atoms with Crippen molar-refractivity contribution in [3.8, 4) is 0 Å². The van der Waals surface area contributed by atoms with Crippen LogP contribution in [0.5, 0.6) is 0 Å². The number of allylic oxidation sites excluding steroid dienone is 1. The molecule has 0 saturated carbocycles. The molecule has 3 N–H and O–H groups in total. The van der Waals surface area contributed by atoms with Crippen molar-refractivity contribution in [1.82, 2.24) is 5.32 Å². The Bertz CT molecular complexity index is 344. The number of alkyl carbamates (subject to hydrolysis) is 1. The van der Waals surface area contributed by atoms with E-state index in [0.29, 0.717) is 0 Å². The Morgan fingerprint density at radius 3 is 2.44 bits per heavy atom. The summed E-state index contributed by atoms with van der Waals surface area (Å²) in [5, 5.41) is 10.6. The van der Waals surface area contributed by atoms with Crippen molar-refractivity contribution in [2.45, 2.75) is 6.92 Å². The molecule has 1 amide bonds. The van der Waals surface area contributed by atoms with Crippen LogP contribution in [-0.2, 0) is 14.1 Å². The van der Waals surface area contributed by atoms with E-state index in [-0.39, 0.29) is 12.8 Å². The number of carboxylic acid groups (broad SMARTS) is 1. The fraction of sp³-hybridized carbons (Fsp3) is 0.500. The summed E-state index contributed by atoms with van der Waals surface area (Å²) in [5.74, 6) is -1.40. The molecule has 0 fully saturated rings. The second-order valence-electron chi connectivity index (χ2n) is 3.00. The molecule has 0 aliphatic heterocycles. The zero-order chi connectivity index (χ0) is 12.8. The van der Waals surface area contributed by atoms with E-state index in [1.54, 1.807) is 6.92 Å². The van der Waals surface area contributed by atoms with E-state index in [2.05, 4.69) is 4.74 Å². The zero-order valence-corrected chi connectivity index (χ0v) is 9.86. The van der Waals surface area contributed by atoms with Gasteiger partial charge in [0.2, 0.25) is 7.37 Å². The van der Waals surface area contributed by atoms with Crippen molar-refractivity contribution in [2.24, 2.45) is 0 Å². The lowest BCUT2D eigenvalue weighted by molar-refractivity contribution is -0.133. The van der Waals surface area contributed by atoms with Gasteiger partial charge < -0.3 is 14.7 Å². The van der Waals surface area contributed by atoms with Gasteiger partial charge in [0.25, 0.3) is 0 Å². The minimum atomic E-state index is -3.35. The summed E-state index contributed by atoms with van der Waals surface area (Å²) < 4.78 is 15.4. The molecule has 16 heavy (non-hydrogen) atoms. The second-order valence-corrected chi connectivity index (χ2v) is 5.47. The first-order valence-corrected chi connectivity index (χ1v) is 6.72. The highest BCUT2D eigenvalue weighted by atomic mass is 31.2. The molecular weight excluding hydrogens is 237 g/mol. The molecule has 0 aromatic carbocycles. The Balaban J connectivity index is 4.57. The standard InChI is InChI=1S/C8H14NO6P/c1-3-15-8(12)9-6(7(10)11)4-5-16(2,13)14/h4H,3,5H2,1-2H3,(H,9,12)(H,10,11)(H,13,14)/b6-4-. The van der Waals surface area contributed by atoms with Gasteiger partial charge in [-0.1, -0.05) is 0 Å². The van der Waals surface area contributed by atoms with E-state index in [9.17, 15) is 14.2 Å². The monoisotopic (exact) mass is 251 g/mol. The number of amides is 1. The van der Waals surface area contributed by atoms with Crippen LogP contribution in [0.2, 0.25) is 0 Å². The maximum Gasteiger partial charge on any atom is 0.411 e. The average molecular weight is 251 g/mol. The van der Waals surface area contributed by atoms with Gasteiger partial charge >= 0.3 is 12.1 Å². The van der Waals surface area contributed by atoms with Crippen LogP contribution in [0.15, 0.2) is 11.8 Å². The van der Waals surface area contributed by atoms with Crippen LogP contribution in [0.3, 0.4) is 0 Å². The van der Waals surface area contributed by atoms with Gasteiger partial charge in [0, 0.05) is 12.8 Å². The van der Waals surface area contributed by atoms with Crippen LogP contribution >= 0.6 is 7.37 Å². The van der Waals surface area contributed by atoms with Crippen LogP contribution in [0.25, 0.3) is 0 Å². The summed E-state index contributed by atoms with van der Waals surface area (Å²) in [5.41, 5.74) is -0.477. The Morgan fingerprint density at radius 1 is 1.50 bits per heavy atom. The van der Waals surface area contributed by atoms with Gasteiger partial charge in [-0.15, -0.1) is 0 Å². The molecule has 8 heteroatoms. The Morgan fingerprint density at radius 2 is 2.06 bits per heavy atom. The molecule has 0 aliphatic rings. The number of carboxylic acids is 1. The van der Waals surface area contributed by atoms with Crippen LogP contribution in [0.1, 0.15) is 6.92 Å². The molecule has 0 aromatic rings. The number of carbonyl (C=O) groups excluding carboxylic acids is 1. The van der Waals surface area contributed by atoms with Crippen molar-refractivity contribution in [1.29, 1.82) is 0 Å². The van der Waals surface area contributed by atoms with E-state index < -0.39 is 25.1 Å². The fourth-order valence-electron chi connectivity index (χ4n) is 0.730. The molecule has 1 atom stereocenters. The van der Waals surface area contributed by atoms with Gasteiger partial charge in [0.05, 0.1) is 6.61 Å². The molecule has 0 aliphatic carbocycles. The van der Waals surface area contributed by atoms with Crippen molar-refractivity contribution < 1.29 is 28.9 Å². The topological polar surface area (TPSA) is 113 Å². The second kappa shape index (κ2) is 6.30. The van der Waals surface area contributed by atoms with Crippen LogP contribution in [0.4, 0.5) is 4.79 Å². The third-order valence-corrected chi connectivity index (χ3v) is 2.24. The Labute approximate surface area is 92.6 Å². The van der Waals surface area contributed by atoms with Gasteiger partial charge in [-0.05, 0) is 13.0 Å². The first-order chi connectivity index (χ1) is 7.26. The molecule has 0 saturated heterocycles. The molecule has 0 spiro atoms. The zero-order valence-electron chi connectivity index (χ0n) is 8.97. The van der Waals surface area contributed by atoms with Gasteiger partial charge in [-0.2, -0.15) is 0 Å². The third kappa shape index (κ3) is 7.03. The van der Waals surface area contributed by atoms with E-state index in [1.165, 1.54) is 0 Å². The summed E-state index contributed by atoms with van der Waals surface area (Å²) in [6.45, 7) is 2.76. The maximum atomic E-state index is 10.9. The smallest absolute Gasteiger partial charge is 0.411 e. The highest BCUT2D eigenvalue weighted by Crippen LogP contribution is 2.34. The lowest BCUT2D eigenvalue weighted by Gasteiger charge is -2.06. The number of aliphatic carboxylic acids is 1. The molecule has 0 bridgehead atoms. The van der Waals surface area contributed by atoms with Crippen molar-refractivity contribution in [3.63, 3.8) is 0 Å². The predicted octanol–water partition coefficient (Wildman–Crippen LogP) is 0.601. The number of carbonyl (C=O) groups is 2. The lowest BCUT2D eigenvalue weighted by atomic mass is 10.4. The van der Waals surface area contributed by atoms with Crippen LogP contribution in [-0.4, -0.2) is 41.5 Å². The minimum absolute atomic E-state index is 0.102. The SMILES string of the molecule is CCOC(=O)N/C(=C\CP(C)(=O)O)C(=O)O. The molecule has 0 radical (unpaired) electrons. The minimum Gasteiger partial charge on any atom is -0.477 e. The largest absolute Gasteiger partial charge is 0.477 e. The summed E-state index contributed by atoms with van der Waals surface area (Å²) in [7, 11) is -3.35. The molecular formula is C8H14NO6P. The van der Waals surface area contributed by atoms with Crippen LogP contribution < -0.4 is 5.32 Å². The number of hydrogen-bond acceptors (Lipinski definition) is 4.